The Morgan fingerprint density at radius 3 is 2.50 bits per heavy atom. The van der Waals surface area contributed by atoms with Crippen molar-refractivity contribution < 1.29 is 14.3 Å². The second-order valence-electron chi connectivity index (χ2n) is 4.45. The van der Waals surface area contributed by atoms with Crippen LogP contribution in [-0.2, 0) is 4.79 Å². The predicted molar refractivity (Wildman–Crippen MR) is 90.1 cm³/mol. The maximum atomic E-state index is 12.3. The molecule has 8 heteroatoms. The molecule has 0 fully saturated rings. The van der Waals surface area contributed by atoms with E-state index in [1.54, 1.807) is 32.8 Å². The predicted octanol–water partition coefficient (Wildman–Crippen LogP) is 3.56. The van der Waals surface area contributed by atoms with Crippen LogP contribution in [0.1, 0.15) is 6.42 Å². The molecular formula is C14H13FN2O2S3. The lowest BCUT2D eigenvalue weighted by Crippen LogP contribution is -2.35. The Bertz CT molecular complexity index is 737. The van der Waals surface area contributed by atoms with Crippen molar-refractivity contribution in [1.82, 2.24) is 5.32 Å². The van der Waals surface area contributed by atoms with Gasteiger partial charge in [-0.2, -0.15) is 0 Å². The minimum absolute atomic E-state index is 0.0440. The smallest absolute Gasteiger partial charge is 0.225 e. The number of rotatable bonds is 1. The number of hydrogen-bond donors (Lipinski definition) is 3. The Balaban J connectivity index is 0.000000172. The second-order valence-corrected chi connectivity index (χ2v) is 7.36. The van der Waals surface area contributed by atoms with E-state index in [-0.39, 0.29) is 12.3 Å². The Labute approximate surface area is 139 Å². The first-order valence-corrected chi connectivity index (χ1v) is 8.81. The number of benzene rings is 1. The van der Waals surface area contributed by atoms with Crippen LogP contribution >= 0.6 is 32.9 Å². The molecule has 0 saturated carbocycles. The fourth-order valence-corrected chi connectivity index (χ4v) is 4.01. The molecule has 4 N–H and O–H groups in total. The van der Waals surface area contributed by atoms with Crippen molar-refractivity contribution in [1.29, 1.82) is 0 Å². The zero-order valence-electron chi connectivity index (χ0n) is 11.3. The van der Waals surface area contributed by atoms with E-state index < -0.39 is 11.9 Å². The van der Waals surface area contributed by atoms with Crippen molar-refractivity contribution in [2.75, 3.05) is 0 Å². The number of phenols is 1. The number of nitrogens with two attached hydrogens (primary N) is 1. The maximum absolute atomic E-state index is 12.3. The van der Waals surface area contributed by atoms with Crippen molar-refractivity contribution in [3.63, 3.8) is 0 Å². The Morgan fingerprint density at radius 2 is 2.00 bits per heavy atom. The van der Waals surface area contributed by atoms with Gasteiger partial charge in [0.2, 0.25) is 5.91 Å². The van der Waals surface area contributed by atoms with Crippen molar-refractivity contribution in [2.45, 2.75) is 12.5 Å². The van der Waals surface area contributed by atoms with E-state index in [2.05, 4.69) is 5.32 Å². The first kappa shape index (κ1) is 16.8. The maximum Gasteiger partial charge on any atom is 0.225 e. The summed E-state index contributed by atoms with van der Waals surface area (Å²) in [6.07, 6.45) is 1.04. The van der Waals surface area contributed by atoms with Crippen molar-refractivity contribution in [2.24, 2.45) is 5.73 Å². The Hall–Kier alpha value is -1.61. The van der Waals surface area contributed by atoms with Gasteiger partial charge in [0, 0.05) is 17.5 Å². The van der Waals surface area contributed by atoms with Gasteiger partial charge in [0.15, 0.2) is 0 Å². The molecular weight excluding hydrogens is 343 g/mol. The van der Waals surface area contributed by atoms with Crippen LogP contribution in [-0.4, -0.2) is 17.1 Å². The van der Waals surface area contributed by atoms with E-state index in [0.717, 1.165) is 20.5 Å². The Morgan fingerprint density at radius 1 is 1.32 bits per heavy atom. The summed E-state index contributed by atoms with van der Waals surface area (Å²) in [5.41, 5.74) is 6.27. The summed E-state index contributed by atoms with van der Waals surface area (Å²) in [6, 6.07) is 8.40. The van der Waals surface area contributed by atoms with Gasteiger partial charge >= 0.3 is 0 Å². The lowest BCUT2D eigenvalue weighted by atomic mass is 10.1. The third kappa shape index (κ3) is 4.70. The molecule has 3 rings (SSSR count). The van der Waals surface area contributed by atoms with E-state index in [4.69, 9.17) is 23.1 Å². The molecule has 0 aliphatic carbocycles. The average molecular weight is 356 g/mol. The van der Waals surface area contributed by atoms with Gasteiger partial charge < -0.3 is 16.2 Å². The molecule has 1 atom stereocenters. The molecule has 1 aliphatic rings. The number of amides is 1. The molecule has 2 heterocycles. The zero-order chi connectivity index (χ0) is 16.1. The minimum atomic E-state index is -0.737. The van der Waals surface area contributed by atoms with Crippen LogP contribution < -0.4 is 11.1 Å². The quantitative estimate of drug-likeness (QED) is 0.539. The van der Waals surface area contributed by atoms with Gasteiger partial charge in [-0.1, -0.05) is 32.9 Å². The highest BCUT2D eigenvalue weighted by Crippen LogP contribution is 2.30. The highest BCUT2D eigenvalue weighted by Gasteiger charge is 2.17. The third-order valence-electron chi connectivity index (χ3n) is 2.74. The lowest BCUT2D eigenvalue weighted by Gasteiger charge is -2.13. The van der Waals surface area contributed by atoms with Crippen LogP contribution in [0.5, 0.6) is 5.75 Å². The number of halogens is 1. The summed E-state index contributed by atoms with van der Waals surface area (Å²) in [7, 11) is 3.26. The highest BCUT2D eigenvalue weighted by atomic mass is 32.9. The van der Waals surface area contributed by atoms with E-state index in [1.807, 2.05) is 18.2 Å². The van der Waals surface area contributed by atoms with E-state index >= 15 is 0 Å². The SMILES string of the molecule is NC1CC(=O)NC=C1F.Oc1ccc(-c2cc(=S)ss2)cc1. The molecule has 1 aromatic heterocycles. The number of hydrogen-bond acceptors (Lipinski definition) is 6. The number of carbonyl (C=O) groups is 1. The first-order chi connectivity index (χ1) is 10.5. The van der Waals surface area contributed by atoms with Gasteiger partial charge in [-0.15, -0.1) is 0 Å². The highest BCUT2D eigenvalue weighted by molar-refractivity contribution is 7.80. The molecule has 0 spiro atoms. The molecule has 1 unspecified atom stereocenters. The van der Waals surface area contributed by atoms with Crippen molar-refractivity contribution in [3.8, 4) is 16.2 Å². The summed E-state index contributed by atoms with van der Waals surface area (Å²) in [5.74, 6) is -0.402. The van der Waals surface area contributed by atoms with E-state index in [0.29, 0.717) is 5.75 Å². The molecule has 0 saturated heterocycles. The molecule has 1 aromatic carbocycles. The fraction of sp³-hybridized carbons (Fsp3) is 0.143. The summed E-state index contributed by atoms with van der Waals surface area (Å²) < 4.78 is 13.2. The van der Waals surface area contributed by atoms with Crippen LogP contribution in [0.3, 0.4) is 0 Å². The fourth-order valence-electron chi connectivity index (χ4n) is 1.61. The normalized spacial score (nSPS) is 17.1. The van der Waals surface area contributed by atoms with Crippen LogP contribution in [0.4, 0.5) is 4.39 Å². The van der Waals surface area contributed by atoms with Gasteiger partial charge in [0.05, 0.1) is 6.04 Å². The molecule has 4 nitrogen and oxygen atoms in total. The molecule has 116 valence electrons. The topological polar surface area (TPSA) is 75.4 Å². The standard InChI is InChI=1S/C9H6OS3.C5H7FN2O/c10-7-3-1-6(2-4-7)8-5-9(11)13-12-8;6-3-2-8-5(9)1-4(3)7/h1-5,10H;2,4H,1,7H2,(H,8,9). The van der Waals surface area contributed by atoms with Gasteiger partial charge in [0.25, 0.3) is 0 Å². The van der Waals surface area contributed by atoms with Crippen molar-refractivity contribution in [3.05, 3.63) is 46.2 Å². The van der Waals surface area contributed by atoms with Crippen LogP contribution in [0.15, 0.2) is 42.4 Å². The van der Waals surface area contributed by atoms with Gasteiger partial charge in [-0.3, -0.25) is 4.79 Å². The van der Waals surface area contributed by atoms with Crippen LogP contribution in [0, 0.1) is 3.82 Å². The molecule has 1 amide bonds. The second kappa shape index (κ2) is 7.59. The molecule has 22 heavy (non-hydrogen) atoms. The monoisotopic (exact) mass is 356 g/mol. The third-order valence-corrected chi connectivity index (χ3v) is 5.66. The van der Waals surface area contributed by atoms with Crippen LogP contribution in [0.25, 0.3) is 10.4 Å². The molecule has 1 aliphatic heterocycles. The lowest BCUT2D eigenvalue weighted by molar-refractivity contribution is -0.120. The molecule has 0 radical (unpaired) electrons. The molecule has 2 aromatic rings. The summed E-state index contributed by atoms with van der Waals surface area (Å²) in [4.78, 5) is 11.6. The van der Waals surface area contributed by atoms with E-state index in [1.165, 1.54) is 0 Å². The largest absolute Gasteiger partial charge is 0.508 e. The van der Waals surface area contributed by atoms with Gasteiger partial charge in [-0.25, -0.2) is 4.39 Å². The van der Waals surface area contributed by atoms with E-state index in [9.17, 15) is 9.18 Å². The van der Waals surface area contributed by atoms with Crippen molar-refractivity contribution >= 4 is 38.8 Å². The minimum Gasteiger partial charge on any atom is -0.508 e. The van der Waals surface area contributed by atoms with Gasteiger partial charge in [-0.05, 0) is 35.9 Å². The zero-order valence-corrected chi connectivity index (χ0v) is 13.7. The summed E-state index contributed by atoms with van der Waals surface area (Å²) in [6.45, 7) is 0. The summed E-state index contributed by atoms with van der Waals surface area (Å²) >= 11 is 5.04. The molecule has 0 bridgehead atoms. The van der Waals surface area contributed by atoms with Gasteiger partial charge in [0.1, 0.15) is 15.4 Å². The van der Waals surface area contributed by atoms with Crippen LogP contribution in [0.2, 0.25) is 0 Å². The summed E-state index contributed by atoms with van der Waals surface area (Å²) in [5, 5.41) is 11.3. The number of phenolic OH excluding ortho intramolecular Hbond substituents is 1. The number of aromatic hydroxyl groups is 1. The number of nitrogens with one attached hydrogen (secondary N) is 1. The average Bonchev–Trinajstić information content (AvgIpc) is 2.91. The number of carbonyl (C=O) groups excluding carboxylic acids is 1. The first-order valence-electron chi connectivity index (χ1n) is 6.26. The Kier molecular flexibility index (Phi) is 5.78.